The predicted octanol–water partition coefficient (Wildman–Crippen LogP) is 2.65. The van der Waals surface area contributed by atoms with E-state index in [1.54, 1.807) is 0 Å². The van der Waals surface area contributed by atoms with Gasteiger partial charge < -0.3 is 8.97 Å². The Morgan fingerprint density at radius 1 is 1.27 bits per heavy atom. The second-order valence-corrected chi connectivity index (χ2v) is 6.28. The van der Waals surface area contributed by atoms with Crippen molar-refractivity contribution in [1.82, 2.24) is 9.71 Å². The van der Waals surface area contributed by atoms with Crippen LogP contribution in [0, 0.1) is 11.6 Å². The third-order valence-electron chi connectivity index (χ3n) is 3.79. The Kier molecular flexibility index (Phi) is 5.50. The average Bonchev–Trinajstić information content (AvgIpc) is 3.08. The molecule has 3 aromatic rings. The van der Waals surface area contributed by atoms with Crippen LogP contribution < -0.4 is 4.72 Å². The zero-order chi connectivity index (χ0) is 18.7. The van der Waals surface area contributed by atoms with Crippen molar-refractivity contribution in [3.63, 3.8) is 0 Å². The molecule has 2 aromatic carbocycles. The quantitative estimate of drug-likeness (QED) is 0.387. The molecule has 136 valence electrons. The molecule has 6 nitrogen and oxygen atoms in total. The number of halogens is 2. The fourth-order valence-electron chi connectivity index (χ4n) is 2.58. The number of nitrogens with zero attached hydrogens (tertiary/aromatic N) is 1. The van der Waals surface area contributed by atoms with Crippen molar-refractivity contribution < 1.29 is 26.8 Å². The largest absolute Gasteiger partial charge is 0.760 e. The second-order valence-electron chi connectivity index (χ2n) is 5.52. The Labute approximate surface area is 149 Å². The number of carbonyl (C=O) groups excluding carboxylic acids is 1. The molecular formula is C17H13F2N2O4S-. The summed E-state index contributed by atoms with van der Waals surface area (Å²) in [6.07, 6.45) is 1.56. The van der Waals surface area contributed by atoms with Gasteiger partial charge in [-0.25, -0.2) is 18.5 Å². The molecule has 1 aromatic heterocycles. The van der Waals surface area contributed by atoms with Gasteiger partial charge in [0.25, 0.3) is 0 Å². The lowest BCUT2D eigenvalue weighted by Gasteiger charge is -2.10. The highest BCUT2D eigenvalue weighted by molar-refractivity contribution is 7.77. The average molecular weight is 379 g/mol. The van der Waals surface area contributed by atoms with Crippen molar-refractivity contribution in [3.8, 4) is 0 Å². The fourth-order valence-corrected chi connectivity index (χ4v) is 2.89. The highest BCUT2D eigenvalue weighted by atomic mass is 32.2. The van der Waals surface area contributed by atoms with Crippen LogP contribution in [0.15, 0.2) is 41.1 Å². The molecule has 0 saturated heterocycles. The van der Waals surface area contributed by atoms with Crippen LogP contribution in [0.2, 0.25) is 0 Å². The first-order valence-corrected chi connectivity index (χ1v) is 8.72. The van der Waals surface area contributed by atoms with Crippen molar-refractivity contribution in [1.29, 1.82) is 0 Å². The maximum absolute atomic E-state index is 14.7. The molecule has 0 bridgehead atoms. The molecule has 0 saturated carbocycles. The molecule has 26 heavy (non-hydrogen) atoms. The third kappa shape index (κ3) is 4.01. The number of benzene rings is 2. The summed E-state index contributed by atoms with van der Waals surface area (Å²) in [6.45, 7) is 0.0815. The van der Waals surface area contributed by atoms with E-state index in [0.717, 1.165) is 12.1 Å². The first-order chi connectivity index (χ1) is 12.5. The molecule has 0 spiro atoms. The number of nitrogens with one attached hydrogen (secondary N) is 1. The number of ketones is 1. The summed E-state index contributed by atoms with van der Waals surface area (Å²) >= 11 is -2.41. The number of aryl methyl sites for hydroxylation is 1. The van der Waals surface area contributed by atoms with E-state index < -0.39 is 28.7 Å². The van der Waals surface area contributed by atoms with Gasteiger partial charge in [-0.1, -0.05) is 0 Å². The number of rotatable bonds is 7. The number of aromatic nitrogens is 1. The normalized spacial score (nSPS) is 12.4. The van der Waals surface area contributed by atoms with Gasteiger partial charge in [-0.3, -0.25) is 9.00 Å². The lowest BCUT2D eigenvalue weighted by Crippen LogP contribution is -2.18. The van der Waals surface area contributed by atoms with Gasteiger partial charge in [0.2, 0.25) is 0 Å². The SMILES string of the molecule is O=C(c1ccc2ocnc2c1)c1cc(F)cc(CCCNS(=O)[O-])c1F. The number of hydrogen-bond donors (Lipinski definition) is 1. The summed E-state index contributed by atoms with van der Waals surface area (Å²) in [4.78, 5) is 16.5. The van der Waals surface area contributed by atoms with Gasteiger partial charge in [-0.2, -0.15) is 0 Å². The minimum Gasteiger partial charge on any atom is -0.760 e. The first-order valence-electron chi connectivity index (χ1n) is 7.64. The highest BCUT2D eigenvalue weighted by Gasteiger charge is 2.19. The molecule has 9 heteroatoms. The van der Waals surface area contributed by atoms with Crippen LogP contribution in [0.3, 0.4) is 0 Å². The van der Waals surface area contributed by atoms with Gasteiger partial charge in [0.15, 0.2) is 17.8 Å². The summed E-state index contributed by atoms with van der Waals surface area (Å²) in [5.41, 5.74) is 0.692. The molecule has 0 amide bonds. The molecular weight excluding hydrogens is 366 g/mol. The Balaban J connectivity index is 1.86. The van der Waals surface area contributed by atoms with Gasteiger partial charge in [-0.15, -0.1) is 0 Å². The number of hydrogen-bond acceptors (Lipinski definition) is 5. The molecule has 0 fully saturated rings. The molecule has 1 unspecified atom stereocenters. The summed E-state index contributed by atoms with van der Waals surface area (Å²) in [5.74, 6) is -2.24. The van der Waals surface area contributed by atoms with Crippen LogP contribution in [0.1, 0.15) is 27.9 Å². The van der Waals surface area contributed by atoms with Crippen molar-refractivity contribution >= 4 is 28.1 Å². The standard InChI is InChI=1S/C17H14F2N2O4S/c18-12-6-10(2-1-5-21-26(23)24)16(19)13(8-12)17(22)11-3-4-15-14(7-11)20-9-25-15/h3-4,6-9,21H,1-2,5H2,(H,23,24)/p-1. The van der Waals surface area contributed by atoms with Crippen LogP contribution >= 0.6 is 0 Å². The van der Waals surface area contributed by atoms with Crippen LogP contribution in [0.25, 0.3) is 11.1 Å². The predicted molar refractivity (Wildman–Crippen MR) is 89.0 cm³/mol. The lowest BCUT2D eigenvalue weighted by molar-refractivity contribution is 0.103. The number of carbonyl (C=O) groups is 1. The van der Waals surface area contributed by atoms with Crippen molar-refractivity contribution in [3.05, 3.63) is 65.1 Å². The Morgan fingerprint density at radius 3 is 2.85 bits per heavy atom. The molecule has 1 N–H and O–H groups in total. The van der Waals surface area contributed by atoms with E-state index in [1.807, 2.05) is 0 Å². The first kappa shape index (κ1) is 18.3. The van der Waals surface area contributed by atoms with E-state index in [1.165, 1.54) is 24.6 Å². The van der Waals surface area contributed by atoms with E-state index in [4.69, 9.17) is 4.42 Å². The van der Waals surface area contributed by atoms with E-state index in [-0.39, 0.29) is 36.1 Å². The van der Waals surface area contributed by atoms with E-state index in [0.29, 0.717) is 11.1 Å². The second kappa shape index (κ2) is 7.81. The molecule has 1 atom stereocenters. The number of oxazole rings is 1. The summed E-state index contributed by atoms with van der Waals surface area (Å²) in [6, 6.07) is 6.27. The topological polar surface area (TPSA) is 95.3 Å². The molecule has 3 rings (SSSR count). The Bertz CT molecular complexity index is 990. The van der Waals surface area contributed by atoms with Crippen molar-refractivity contribution in [2.75, 3.05) is 6.54 Å². The molecule has 0 aliphatic carbocycles. The van der Waals surface area contributed by atoms with Crippen LogP contribution in [-0.4, -0.2) is 26.1 Å². The maximum Gasteiger partial charge on any atom is 0.196 e. The van der Waals surface area contributed by atoms with Gasteiger partial charge in [0.05, 0.1) is 5.56 Å². The Hall–Kier alpha value is -2.49. The van der Waals surface area contributed by atoms with Crippen molar-refractivity contribution in [2.45, 2.75) is 12.8 Å². The maximum atomic E-state index is 14.7. The third-order valence-corrected chi connectivity index (χ3v) is 4.23. The molecule has 0 aliphatic heterocycles. The van der Waals surface area contributed by atoms with Gasteiger partial charge in [-0.05, 0) is 48.7 Å². The zero-order valence-corrected chi connectivity index (χ0v) is 14.1. The number of fused-ring (bicyclic) bond motifs is 1. The minimum absolute atomic E-state index is 0.00865. The van der Waals surface area contributed by atoms with Gasteiger partial charge in [0.1, 0.15) is 17.2 Å². The summed E-state index contributed by atoms with van der Waals surface area (Å²) in [7, 11) is 0. The smallest absolute Gasteiger partial charge is 0.196 e. The van der Waals surface area contributed by atoms with Gasteiger partial charge >= 0.3 is 0 Å². The monoisotopic (exact) mass is 379 g/mol. The lowest BCUT2D eigenvalue weighted by atomic mass is 9.98. The van der Waals surface area contributed by atoms with Gasteiger partial charge in [0, 0.05) is 23.4 Å². The minimum atomic E-state index is -2.41. The molecule has 1 heterocycles. The summed E-state index contributed by atoms with van der Waals surface area (Å²) in [5, 5.41) is 0. The van der Waals surface area contributed by atoms with E-state index in [2.05, 4.69) is 9.71 Å². The fraction of sp³-hybridized carbons (Fsp3) is 0.176. The highest BCUT2D eigenvalue weighted by Crippen LogP contribution is 2.22. The van der Waals surface area contributed by atoms with E-state index in [9.17, 15) is 22.3 Å². The zero-order valence-electron chi connectivity index (χ0n) is 13.3. The molecule has 0 aliphatic rings. The Morgan fingerprint density at radius 2 is 2.08 bits per heavy atom. The van der Waals surface area contributed by atoms with Crippen LogP contribution in [-0.2, 0) is 17.7 Å². The van der Waals surface area contributed by atoms with Crippen LogP contribution in [0.4, 0.5) is 8.78 Å². The van der Waals surface area contributed by atoms with Crippen molar-refractivity contribution in [2.24, 2.45) is 0 Å². The molecule has 0 radical (unpaired) electrons. The van der Waals surface area contributed by atoms with E-state index >= 15 is 0 Å². The van der Waals surface area contributed by atoms with Crippen LogP contribution in [0.5, 0.6) is 0 Å². The summed E-state index contributed by atoms with van der Waals surface area (Å²) < 4.78 is 56.6.